The van der Waals surface area contributed by atoms with Gasteiger partial charge in [0.15, 0.2) is 5.69 Å². The van der Waals surface area contributed by atoms with Gasteiger partial charge in [-0.15, -0.1) is 0 Å². The van der Waals surface area contributed by atoms with Gasteiger partial charge < -0.3 is 10.2 Å². The van der Waals surface area contributed by atoms with Crippen LogP contribution in [0, 0.1) is 5.92 Å². The molecule has 2 fully saturated rings. The average Bonchev–Trinajstić information content (AvgIpc) is 3.04. The number of hydrogen-bond donors (Lipinski definition) is 2. The predicted octanol–water partition coefficient (Wildman–Crippen LogP) is 2.28. The van der Waals surface area contributed by atoms with Gasteiger partial charge in [0.25, 0.3) is 5.91 Å². The van der Waals surface area contributed by atoms with Crippen LogP contribution in [0.5, 0.6) is 0 Å². The minimum atomic E-state index is 0.0253. The average molecular weight is 316 g/mol. The van der Waals surface area contributed by atoms with Gasteiger partial charge in [-0.2, -0.15) is 5.10 Å². The molecular formula is C18H28N4O. The second kappa shape index (κ2) is 6.63. The first kappa shape index (κ1) is 15.2. The van der Waals surface area contributed by atoms with Crippen molar-refractivity contribution in [3.63, 3.8) is 0 Å². The van der Waals surface area contributed by atoms with E-state index in [0.717, 1.165) is 24.9 Å². The van der Waals surface area contributed by atoms with Crippen molar-refractivity contribution in [3.8, 4) is 0 Å². The van der Waals surface area contributed by atoms with E-state index in [9.17, 15) is 4.79 Å². The van der Waals surface area contributed by atoms with Gasteiger partial charge in [0.2, 0.25) is 0 Å². The van der Waals surface area contributed by atoms with E-state index in [2.05, 4.69) is 20.4 Å². The van der Waals surface area contributed by atoms with E-state index in [1.807, 2.05) is 0 Å². The van der Waals surface area contributed by atoms with Crippen LogP contribution < -0.4 is 5.32 Å². The smallest absolute Gasteiger partial charge is 0.272 e. The number of carbonyl (C=O) groups is 1. The standard InChI is InChI=1S/C18H28N4O/c23-18(17-14-7-1-2-8-15(14)20-21-17)19-12-13-6-5-11-22-10-4-3-9-16(13)22/h13,16H,1-12H2,(H,19,23)(H,20,21)/t13-,16+/m0/s1. The molecule has 5 heteroatoms. The Morgan fingerprint density at radius 1 is 1.13 bits per heavy atom. The Morgan fingerprint density at radius 2 is 2.00 bits per heavy atom. The maximum Gasteiger partial charge on any atom is 0.272 e. The summed E-state index contributed by atoms with van der Waals surface area (Å²) in [5.74, 6) is 0.639. The van der Waals surface area contributed by atoms with Gasteiger partial charge in [0.05, 0.1) is 0 Å². The second-order valence-corrected chi connectivity index (χ2v) is 7.45. The summed E-state index contributed by atoms with van der Waals surface area (Å²) in [6.07, 6.45) is 10.9. The van der Waals surface area contributed by atoms with Gasteiger partial charge in [-0.05, 0) is 70.4 Å². The molecule has 0 radical (unpaired) electrons. The number of carbonyl (C=O) groups excluding carboxylic acids is 1. The summed E-state index contributed by atoms with van der Waals surface area (Å²) in [7, 11) is 0. The van der Waals surface area contributed by atoms with E-state index in [1.54, 1.807) is 0 Å². The van der Waals surface area contributed by atoms with Crippen LogP contribution in [0.2, 0.25) is 0 Å². The summed E-state index contributed by atoms with van der Waals surface area (Å²) in [5, 5.41) is 10.6. The molecule has 0 unspecified atom stereocenters. The molecule has 1 amide bonds. The lowest BCUT2D eigenvalue weighted by Crippen LogP contribution is -2.51. The van der Waals surface area contributed by atoms with Crippen LogP contribution in [-0.2, 0) is 12.8 Å². The Balaban J connectivity index is 1.38. The van der Waals surface area contributed by atoms with E-state index in [0.29, 0.717) is 17.7 Å². The molecule has 126 valence electrons. The number of aryl methyl sites for hydroxylation is 1. The SMILES string of the molecule is O=C(NC[C@@H]1CCCN2CCCC[C@H]12)c1n[nH]c2c1CCCC2. The molecule has 1 aromatic heterocycles. The molecule has 0 bridgehead atoms. The fourth-order valence-electron chi connectivity index (χ4n) is 4.79. The number of aromatic amines is 1. The third-order valence-corrected chi connectivity index (χ3v) is 6.02. The van der Waals surface area contributed by atoms with E-state index in [4.69, 9.17) is 0 Å². The van der Waals surface area contributed by atoms with Gasteiger partial charge >= 0.3 is 0 Å². The summed E-state index contributed by atoms with van der Waals surface area (Å²) < 4.78 is 0. The molecule has 23 heavy (non-hydrogen) atoms. The number of hydrogen-bond acceptors (Lipinski definition) is 3. The van der Waals surface area contributed by atoms with Gasteiger partial charge in [-0.1, -0.05) is 6.42 Å². The van der Waals surface area contributed by atoms with Crippen LogP contribution in [-0.4, -0.2) is 46.7 Å². The highest BCUT2D eigenvalue weighted by molar-refractivity contribution is 5.94. The molecule has 0 saturated carbocycles. The lowest BCUT2D eigenvalue weighted by molar-refractivity contribution is 0.0575. The van der Waals surface area contributed by atoms with Gasteiger partial charge in [0, 0.05) is 23.8 Å². The molecule has 4 rings (SSSR count). The quantitative estimate of drug-likeness (QED) is 0.899. The number of rotatable bonds is 3. The number of fused-ring (bicyclic) bond motifs is 2. The summed E-state index contributed by atoms with van der Waals surface area (Å²) in [6.45, 7) is 3.31. The van der Waals surface area contributed by atoms with Crippen LogP contribution in [0.3, 0.4) is 0 Å². The first-order valence-corrected chi connectivity index (χ1v) is 9.41. The fraction of sp³-hybridized carbons (Fsp3) is 0.778. The van der Waals surface area contributed by atoms with E-state index in [-0.39, 0.29) is 5.91 Å². The minimum Gasteiger partial charge on any atom is -0.350 e. The van der Waals surface area contributed by atoms with Crippen molar-refractivity contribution in [2.45, 2.75) is 63.8 Å². The normalized spacial score (nSPS) is 28.0. The summed E-state index contributed by atoms with van der Waals surface area (Å²) in [4.78, 5) is 15.2. The summed E-state index contributed by atoms with van der Waals surface area (Å²) >= 11 is 0. The zero-order valence-electron chi connectivity index (χ0n) is 13.9. The molecule has 3 aliphatic rings. The van der Waals surface area contributed by atoms with E-state index >= 15 is 0 Å². The molecule has 2 atom stereocenters. The lowest BCUT2D eigenvalue weighted by Gasteiger charge is -2.44. The second-order valence-electron chi connectivity index (χ2n) is 7.45. The highest BCUT2D eigenvalue weighted by Crippen LogP contribution is 2.30. The summed E-state index contributed by atoms with van der Waals surface area (Å²) in [5.41, 5.74) is 2.99. The lowest BCUT2D eigenvalue weighted by atomic mass is 9.83. The first-order valence-electron chi connectivity index (χ1n) is 9.41. The van der Waals surface area contributed by atoms with Crippen LogP contribution in [0.15, 0.2) is 0 Å². The van der Waals surface area contributed by atoms with Gasteiger partial charge in [-0.3, -0.25) is 9.89 Å². The number of aromatic nitrogens is 2. The minimum absolute atomic E-state index is 0.0253. The topological polar surface area (TPSA) is 61.0 Å². The van der Waals surface area contributed by atoms with Crippen LogP contribution in [0.4, 0.5) is 0 Å². The Morgan fingerprint density at radius 3 is 2.96 bits per heavy atom. The molecule has 5 nitrogen and oxygen atoms in total. The molecular weight excluding hydrogens is 288 g/mol. The maximum atomic E-state index is 12.6. The van der Waals surface area contributed by atoms with Crippen molar-refractivity contribution in [1.82, 2.24) is 20.4 Å². The Hall–Kier alpha value is -1.36. The zero-order chi connectivity index (χ0) is 15.6. The van der Waals surface area contributed by atoms with Crippen LogP contribution in [0.1, 0.15) is 66.7 Å². The molecule has 0 aromatic carbocycles. The van der Waals surface area contributed by atoms with Crippen molar-refractivity contribution in [2.75, 3.05) is 19.6 Å². The van der Waals surface area contributed by atoms with Crippen molar-refractivity contribution in [2.24, 2.45) is 5.92 Å². The van der Waals surface area contributed by atoms with Gasteiger partial charge in [0.1, 0.15) is 0 Å². The highest BCUT2D eigenvalue weighted by Gasteiger charge is 2.33. The van der Waals surface area contributed by atoms with Crippen molar-refractivity contribution in [1.29, 1.82) is 0 Å². The number of nitrogens with zero attached hydrogens (tertiary/aromatic N) is 2. The summed E-state index contributed by atoms with van der Waals surface area (Å²) in [6, 6.07) is 0.686. The van der Waals surface area contributed by atoms with Crippen molar-refractivity contribution < 1.29 is 4.79 Å². The Kier molecular flexibility index (Phi) is 4.38. The first-order chi connectivity index (χ1) is 11.3. The zero-order valence-corrected chi connectivity index (χ0v) is 13.9. The van der Waals surface area contributed by atoms with E-state index in [1.165, 1.54) is 63.7 Å². The molecule has 1 aliphatic carbocycles. The molecule has 1 aromatic rings. The molecule has 3 heterocycles. The van der Waals surface area contributed by atoms with Crippen molar-refractivity contribution >= 4 is 5.91 Å². The number of H-pyrrole nitrogens is 1. The Bertz CT molecular complexity index is 565. The molecule has 0 spiro atoms. The van der Waals surface area contributed by atoms with E-state index < -0.39 is 0 Å². The molecule has 2 aliphatic heterocycles. The Labute approximate surface area is 138 Å². The fourth-order valence-corrected chi connectivity index (χ4v) is 4.79. The predicted molar refractivity (Wildman–Crippen MR) is 89.5 cm³/mol. The number of nitrogens with one attached hydrogen (secondary N) is 2. The maximum absolute atomic E-state index is 12.6. The van der Waals surface area contributed by atoms with Crippen LogP contribution in [0.25, 0.3) is 0 Å². The van der Waals surface area contributed by atoms with Gasteiger partial charge in [-0.25, -0.2) is 0 Å². The third-order valence-electron chi connectivity index (χ3n) is 6.02. The molecule has 2 N–H and O–H groups in total. The highest BCUT2D eigenvalue weighted by atomic mass is 16.1. The third kappa shape index (κ3) is 3.03. The molecule has 2 saturated heterocycles. The van der Waals surface area contributed by atoms with Crippen molar-refractivity contribution in [3.05, 3.63) is 17.0 Å². The monoisotopic (exact) mass is 316 g/mol. The van der Waals surface area contributed by atoms with Crippen LogP contribution >= 0.6 is 0 Å². The number of piperidine rings is 2. The number of amides is 1. The largest absolute Gasteiger partial charge is 0.350 e.